The van der Waals surface area contributed by atoms with Crippen LogP contribution in [0.5, 0.6) is 0 Å². The van der Waals surface area contributed by atoms with Crippen molar-refractivity contribution in [3.05, 3.63) is 60.1 Å². The third kappa shape index (κ3) is 6.45. The van der Waals surface area contributed by atoms with E-state index in [4.69, 9.17) is 14.2 Å². The van der Waals surface area contributed by atoms with Crippen molar-refractivity contribution in [2.45, 2.75) is 37.0 Å². The molecule has 13 nitrogen and oxygen atoms in total. The first-order valence-corrected chi connectivity index (χ1v) is 11.5. The summed E-state index contributed by atoms with van der Waals surface area (Å²) in [7, 11) is 0. The summed E-state index contributed by atoms with van der Waals surface area (Å²) in [5.74, 6) is -4.15. The molecule has 0 aromatic carbocycles. The highest BCUT2D eigenvalue weighted by molar-refractivity contribution is 5.90. The fourth-order valence-corrected chi connectivity index (χ4v) is 4.28. The molecule has 0 bridgehead atoms. The van der Waals surface area contributed by atoms with Crippen LogP contribution in [-0.2, 0) is 23.8 Å². The Hall–Kier alpha value is -3.04. The lowest BCUT2D eigenvalue weighted by Crippen LogP contribution is -2.60. The maximum Gasteiger partial charge on any atom is 0.337 e. The highest BCUT2D eigenvalue weighted by atomic mass is 16.8. The number of carboxylic acids is 2. The van der Waals surface area contributed by atoms with Crippen molar-refractivity contribution in [3.8, 4) is 0 Å². The predicted molar refractivity (Wildman–Crippen MR) is 124 cm³/mol. The number of nitrogens with zero attached hydrogens (tertiary/aromatic N) is 1. The molecule has 0 unspecified atom stereocenters. The molecule has 13 heteroatoms. The lowest BCUT2D eigenvalue weighted by molar-refractivity contribution is -0.338. The number of β-amino-alcohol motifs (C(OH)–C–C–N with tert-alkyl or cyclic N) is 1. The zero-order valence-corrected chi connectivity index (χ0v) is 19.7. The SMILES string of the molecule is C=C[C@@H]1[C@@H](O[C@@H]2O[C@H](CO)[C@H](O)[C@H](O)[C@H]2O)OC=C(C(=O)O)[C@H]1/C=C/C1=CC(C(=O)O)=CN(CCO)C1. The summed E-state index contributed by atoms with van der Waals surface area (Å²) in [6.45, 7) is 3.35. The molecule has 3 aliphatic heterocycles. The lowest BCUT2D eigenvalue weighted by atomic mass is 9.83. The van der Waals surface area contributed by atoms with Crippen molar-refractivity contribution in [1.82, 2.24) is 4.90 Å². The summed E-state index contributed by atoms with van der Waals surface area (Å²) in [4.78, 5) is 25.0. The number of ether oxygens (including phenoxy) is 3. The summed E-state index contributed by atoms with van der Waals surface area (Å²) in [6, 6.07) is 0. The van der Waals surface area contributed by atoms with Crippen LogP contribution in [0.3, 0.4) is 0 Å². The monoisotopic (exact) mass is 525 g/mol. The lowest BCUT2D eigenvalue weighted by Gasteiger charge is -2.42. The summed E-state index contributed by atoms with van der Waals surface area (Å²) in [5.41, 5.74) is 0.385. The first kappa shape index (κ1) is 28.5. The minimum Gasteiger partial charge on any atom is -0.478 e. The van der Waals surface area contributed by atoms with Crippen molar-refractivity contribution in [3.63, 3.8) is 0 Å². The van der Waals surface area contributed by atoms with Crippen LogP contribution < -0.4 is 0 Å². The Morgan fingerprint density at radius 2 is 1.84 bits per heavy atom. The minimum atomic E-state index is -1.70. The van der Waals surface area contributed by atoms with E-state index >= 15 is 0 Å². The fourth-order valence-electron chi connectivity index (χ4n) is 4.28. The number of aliphatic hydroxyl groups excluding tert-OH is 5. The quantitative estimate of drug-likeness (QED) is 0.159. The van der Waals surface area contributed by atoms with E-state index in [-0.39, 0.29) is 30.8 Å². The molecule has 1 saturated heterocycles. The molecule has 8 atom stereocenters. The second-order valence-electron chi connectivity index (χ2n) is 8.72. The number of hydrogen-bond donors (Lipinski definition) is 7. The van der Waals surface area contributed by atoms with Crippen LogP contribution in [0.2, 0.25) is 0 Å². The van der Waals surface area contributed by atoms with Gasteiger partial charge in [0.2, 0.25) is 6.29 Å². The van der Waals surface area contributed by atoms with Gasteiger partial charge in [-0.2, -0.15) is 0 Å². The molecule has 204 valence electrons. The van der Waals surface area contributed by atoms with Crippen LogP contribution in [0, 0.1) is 11.8 Å². The van der Waals surface area contributed by atoms with Gasteiger partial charge in [0.1, 0.15) is 24.4 Å². The maximum atomic E-state index is 11.9. The van der Waals surface area contributed by atoms with Gasteiger partial charge in [-0.15, -0.1) is 6.58 Å². The number of aliphatic carboxylic acids is 2. The topological polar surface area (TPSA) is 207 Å². The first-order chi connectivity index (χ1) is 17.6. The highest BCUT2D eigenvalue weighted by Crippen LogP contribution is 2.36. The van der Waals surface area contributed by atoms with Gasteiger partial charge in [0, 0.05) is 25.2 Å². The van der Waals surface area contributed by atoms with E-state index in [1.807, 2.05) is 0 Å². The Morgan fingerprint density at radius 1 is 1.11 bits per heavy atom. The number of aliphatic hydroxyl groups is 5. The van der Waals surface area contributed by atoms with Gasteiger partial charge in [-0.3, -0.25) is 0 Å². The second kappa shape index (κ2) is 12.5. The fraction of sp³-hybridized carbons (Fsp3) is 0.500. The van der Waals surface area contributed by atoms with E-state index in [9.17, 15) is 45.3 Å². The third-order valence-electron chi connectivity index (χ3n) is 6.25. The van der Waals surface area contributed by atoms with Crippen molar-refractivity contribution in [2.24, 2.45) is 11.8 Å². The number of allylic oxidation sites excluding steroid dienone is 1. The van der Waals surface area contributed by atoms with Gasteiger partial charge in [-0.25, -0.2) is 9.59 Å². The van der Waals surface area contributed by atoms with Crippen molar-refractivity contribution < 1.29 is 59.5 Å². The van der Waals surface area contributed by atoms with Gasteiger partial charge < -0.3 is 54.9 Å². The summed E-state index contributed by atoms with van der Waals surface area (Å²) >= 11 is 0. The van der Waals surface area contributed by atoms with Crippen LogP contribution in [0.15, 0.2) is 60.1 Å². The molecule has 3 rings (SSSR count). The third-order valence-corrected chi connectivity index (χ3v) is 6.25. The van der Waals surface area contributed by atoms with Crippen LogP contribution in [-0.4, -0.2) is 116 Å². The molecular weight excluding hydrogens is 494 g/mol. The first-order valence-electron chi connectivity index (χ1n) is 11.5. The van der Waals surface area contributed by atoms with Gasteiger partial charge in [0.15, 0.2) is 6.29 Å². The van der Waals surface area contributed by atoms with E-state index < -0.39 is 67.4 Å². The number of hydrogen-bond acceptors (Lipinski definition) is 11. The van der Waals surface area contributed by atoms with Crippen LogP contribution >= 0.6 is 0 Å². The molecule has 1 fully saturated rings. The number of rotatable bonds is 10. The smallest absolute Gasteiger partial charge is 0.337 e. The number of carbonyl (C=O) groups is 2. The zero-order valence-electron chi connectivity index (χ0n) is 19.7. The Morgan fingerprint density at radius 3 is 2.43 bits per heavy atom. The molecule has 37 heavy (non-hydrogen) atoms. The van der Waals surface area contributed by atoms with Crippen molar-refractivity contribution in [1.29, 1.82) is 0 Å². The van der Waals surface area contributed by atoms with E-state index in [2.05, 4.69) is 6.58 Å². The second-order valence-corrected chi connectivity index (χ2v) is 8.72. The molecule has 7 N–H and O–H groups in total. The average molecular weight is 526 g/mol. The normalized spacial score (nSPS) is 34.3. The van der Waals surface area contributed by atoms with Gasteiger partial charge in [-0.1, -0.05) is 18.2 Å². The average Bonchev–Trinajstić information content (AvgIpc) is 2.87. The van der Waals surface area contributed by atoms with E-state index in [1.54, 1.807) is 11.0 Å². The van der Waals surface area contributed by atoms with Gasteiger partial charge >= 0.3 is 11.9 Å². The summed E-state index contributed by atoms with van der Waals surface area (Å²) in [5, 5.41) is 68.0. The molecule has 3 heterocycles. The van der Waals surface area contributed by atoms with Crippen LogP contribution in [0.25, 0.3) is 0 Å². The van der Waals surface area contributed by atoms with E-state index in [0.717, 1.165) is 6.26 Å². The molecule has 0 amide bonds. The van der Waals surface area contributed by atoms with Crippen LogP contribution in [0.4, 0.5) is 0 Å². The van der Waals surface area contributed by atoms with Crippen LogP contribution in [0.1, 0.15) is 0 Å². The standard InChI is InChI=1S/C24H31NO12/c1-2-14-15(4-3-12-7-13(21(31)32)9-25(8-12)5-6-26)16(22(33)34)11-35-23(14)37-24-20(30)19(29)18(28)17(10-27)36-24/h2-4,7,9,11,14-15,17-20,23-24,26-30H,1,5-6,8,10H2,(H,31,32)(H,33,34)/b4-3+/t14-,15-,17+,18-,19-,20+,23+,24-/m0/s1. The van der Waals surface area contributed by atoms with Gasteiger partial charge in [-0.05, 0) is 11.6 Å². The summed E-state index contributed by atoms with van der Waals surface area (Å²) < 4.78 is 16.5. The Bertz CT molecular complexity index is 986. The number of carboxylic acid groups (broad SMARTS) is 2. The molecule has 0 aliphatic carbocycles. The molecule has 0 saturated carbocycles. The molecule has 0 radical (unpaired) electrons. The van der Waals surface area contributed by atoms with Gasteiger partial charge in [0.05, 0.1) is 36.5 Å². The van der Waals surface area contributed by atoms with Gasteiger partial charge in [0.25, 0.3) is 0 Å². The zero-order chi connectivity index (χ0) is 27.3. The molecule has 3 aliphatic rings. The predicted octanol–water partition coefficient (Wildman–Crippen LogP) is -1.69. The minimum absolute atomic E-state index is 0.00979. The van der Waals surface area contributed by atoms with E-state index in [0.29, 0.717) is 5.57 Å². The molecule has 0 aromatic heterocycles. The maximum absolute atomic E-state index is 11.9. The van der Waals surface area contributed by atoms with E-state index in [1.165, 1.54) is 24.4 Å². The molecular formula is C24H31NO12. The Balaban J connectivity index is 1.85. The Labute approximate surface area is 212 Å². The molecule has 0 spiro atoms. The molecule has 0 aromatic rings. The highest BCUT2D eigenvalue weighted by Gasteiger charge is 2.47. The van der Waals surface area contributed by atoms with Crippen molar-refractivity contribution in [2.75, 3.05) is 26.3 Å². The van der Waals surface area contributed by atoms with Crippen molar-refractivity contribution >= 4 is 11.9 Å². The summed E-state index contributed by atoms with van der Waals surface area (Å²) in [6.07, 6.45) is -0.651. The largest absolute Gasteiger partial charge is 0.478 e. The Kier molecular flexibility index (Phi) is 9.62.